The van der Waals surface area contributed by atoms with Gasteiger partial charge in [-0.25, -0.2) is 0 Å². The number of ether oxygens (including phenoxy) is 1. The number of hydrogen-bond acceptors (Lipinski definition) is 6. The zero-order valence-corrected chi connectivity index (χ0v) is 16.2. The van der Waals surface area contributed by atoms with Crippen LogP contribution in [0.4, 0.5) is 0 Å². The van der Waals surface area contributed by atoms with Gasteiger partial charge in [-0.1, -0.05) is 29.4 Å². The minimum absolute atomic E-state index is 0.0375. The number of aryl methyl sites for hydroxylation is 1. The number of nitrogens with zero attached hydrogens (tertiary/aromatic N) is 4. The summed E-state index contributed by atoms with van der Waals surface area (Å²) in [6.45, 7) is 1.62. The maximum absolute atomic E-state index is 12.5. The molecule has 0 N–H and O–H groups in total. The fourth-order valence-electron chi connectivity index (χ4n) is 3.56. The summed E-state index contributed by atoms with van der Waals surface area (Å²) in [5.74, 6) is 2.31. The van der Waals surface area contributed by atoms with E-state index in [0.717, 1.165) is 44.5 Å². The molecule has 2 aromatic heterocycles. The lowest BCUT2D eigenvalue weighted by Crippen LogP contribution is -2.42. The van der Waals surface area contributed by atoms with Crippen molar-refractivity contribution in [2.24, 2.45) is 5.92 Å². The topological polar surface area (TPSA) is 81.4 Å². The Labute approximate surface area is 169 Å². The molecule has 7 heteroatoms. The molecule has 3 aromatic rings. The third-order valence-electron chi connectivity index (χ3n) is 5.11. The van der Waals surface area contributed by atoms with Crippen LogP contribution in [0.2, 0.25) is 0 Å². The van der Waals surface area contributed by atoms with Crippen LogP contribution in [0.15, 0.2) is 59.3 Å². The predicted octanol–water partition coefficient (Wildman–Crippen LogP) is 3.38. The van der Waals surface area contributed by atoms with E-state index < -0.39 is 0 Å². The summed E-state index contributed by atoms with van der Waals surface area (Å²) in [5.41, 5.74) is 0.680. The van der Waals surface area contributed by atoms with Crippen LogP contribution in [0.5, 0.6) is 5.75 Å². The van der Waals surface area contributed by atoms with E-state index >= 15 is 0 Å². The van der Waals surface area contributed by atoms with Gasteiger partial charge < -0.3 is 14.2 Å². The summed E-state index contributed by atoms with van der Waals surface area (Å²) in [6, 6.07) is 15.0. The van der Waals surface area contributed by atoms with E-state index in [1.54, 1.807) is 6.20 Å². The molecule has 150 valence electrons. The Morgan fingerprint density at radius 1 is 1.17 bits per heavy atom. The number of aromatic nitrogens is 3. The first-order valence-electron chi connectivity index (χ1n) is 9.97. The van der Waals surface area contributed by atoms with Gasteiger partial charge in [0, 0.05) is 25.7 Å². The molecular weight excluding hydrogens is 368 g/mol. The summed E-state index contributed by atoms with van der Waals surface area (Å²) < 4.78 is 10.9. The molecule has 3 heterocycles. The number of piperidine rings is 1. The molecule has 0 saturated carbocycles. The van der Waals surface area contributed by atoms with Gasteiger partial charge in [0.1, 0.15) is 11.4 Å². The summed E-state index contributed by atoms with van der Waals surface area (Å²) in [4.78, 5) is 23.1. The normalized spacial score (nSPS) is 16.6. The Hall–Kier alpha value is -3.22. The maximum atomic E-state index is 12.5. The first-order valence-corrected chi connectivity index (χ1v) is 9.97. The molecule has 1 amide bonds. The first-order chi connectivity index (χ1) is 14.3. The van der Waals surface area contributed by atoms with Crippen LogP contribution in [0, 0.1) is 5.92 Å². The monoisotopic (exact) mass is 392 g/mol. The summed E-state index contributed by atoms with van der Waals surface area (Å²) in [6.07, 6.45) is 5.46. The number of benzene rings is 1. The number of likely N-dealkylation sites (tertiary alicyclic amines) is 1. The van der Waals surface area contributed by atoms with Gasteiger partial charge in [0.15, 0.2) is 12.4 Å². The number of pyridine rings is 1. The van der Waals surface area contributed by atoms with Crippen molar-refractivity contribution in [2.75, 3.05) is 19.7 Å². The third kappa shape index (κ3) is 5.19. The second-order valence-corrected chi connectivity index (χ2v) is 7.22. The fraction of sp³-hybridized carbons (Fsp3) is 0.364. The third-order valence-corrected chi connectivity index (χ3v) is 5.11. The number of carbonyl (C=O) groups is 1. The van der Waals surface area contributed by atoms with Crippen molar-refractivity contribution in [3.8, 4) is 17.3 Å². The van der Waals surface area contributed by atoms with E-state index in [1.165, 1.54) is 0 Å². The lowest BCUT2D eigenvalue weighted by atomic mass is 9.93. The quantitative estimate of drug-likeness (QED) is 0.613. The van der Waals surface area contributed by atoms with Gasteiger partial charge >= 0.3 is 0 Å². The molecule has 1 saturated heterocycles. The Bertz CT molecular complexity index is 914. The van der Waals surface area contributed by atoms with E-state index in [1.807, 2.05) is 53.4 Å². The molecule has 0 radical (unpaired) electrons. The highest BCUT2D eigenvalue weighted by Gasteiger charge is 2.24. The van der Waals surface area contributed by atoms with Crippen LogP contribution in [0.25, 0.3) is 11.6 Å². The summed E-state index contributed by atoms with van der Waals surface area (Å²) >= 11 is 0. The molecular formula is C22H24N4O3. The van der Waals surface area contributed by atoms with E-state index in [-0.39, 0.29) is 12.5 Å². The van der Waals surface area contributed by atoms with Crippen molar-refractivity contribution < 1.29 is 14.1 Å². The van der Waals surface area contributed by atoms with Crippen LogP contribution < -0.4 is 4.74 Å². The number of hydrogen-bond donors (Lipinski definition) is 0. The number of carbonyl (C=O) groups excluding carboxylic acids is 1. The molecule has 7 nitrogen and oxygen atoms in total. The van der Waals surface area contributed by atoms with Gasteiger partial charge in [-0.2, -0.15) is 4.98 Å². The van der Waals surface area contributed by atoms with Crippen molar-refractivity contribution in [1.82, 2.24) is 20.0 Å². The molecule has 4 rings (SSSR count). The largest absolute Gasteiger partial charge is 0.484 e. The second-order valence-electron chi connectivity index (χ2n) is 7.22. The number of para-hydroxylation sites is 1. The minimum atomic E-state index is 0.0375. The van der Waals surface area contributed by atoms with Crippen molar-refractivity contribution in [2.45, 2.75) is 25.7 Å². The van der Waals surface area contributed by atoms with E-state index in [0.29, 0.717) is 23.3 Å². The highest BCUT2D eigenvalue weighted by Crippen LogP contribution is 2.22. The Morgan fingerprint density at radius 3 is 2.86 bits per heavy atom. The molecule has 29 heavy (non-hydrogen) atoms. The standard InChI is InChI=1S/C22H24N4O3/c27-21(16-28-18-8-2-1-3-9-18)26-14-6-7-17(15-26)11-12-20-24-22(29-25-20)19-10-4-5-13-23-19/h1-5,8-10,13,17H,6-7,11-12,14-16H2. The van der Waals surface area contributed by atoms with Crippen LogP contribution in [0.1, 0.15) is 25.1 Å². The number of amides is 1. The van der Waals surface area contributed by atoms with Crippen molar-refractivity contribution in [3.63, 3.8) is 0 Å². The van der Waals surface area contributed by atoms with Gasteiger partial charge in [-0.3, -0.25) is 9.78 Å². The van der Waals surface area contributed by atoms with Crippen molar-refractivity contribution >= 4 is 5.91 Å². The van der Waals surface area contributed by atoms with Gasteiger partial charge in [0.05, 0.1) is 0 Å². The molecule has 0 spiro atoms. The molecule has 0 bridgehead atoms. The molecule has 0 aliphatic carbocycles. The Morgan fingerprint density at radius 2 is 2.03 bits per heavy atom. The van der Waals surface area contributed by atoms with Crippen LogP contribution in [0.3, 0.4) is 0 Å². The van der Waals surface area contributed by atoms with E-state index in [4.69, 9.17) is 9.26 Å². The lowest BCUT2D eigenvalue weighted by molar-refractivity contribution is -0.135. The SMILES string of the molecule is O=C(COc1ccccc1)N1CCCC(CCc2noc(-c3ccccn3)n2)C1. The van der Waals surface area contributed by atoms with Crippen LogP contribution in [-0.2, 0) is 11.2 Å². The van der Waals surface area contributed by atoms with E-state index in [2.05, 4.69) is 15.1 Å². The molecule has 1 atom stereocenters. The van der Waals surface area contributed by atoms with E-state index in [9.17, 15) is 4.79 Å². The van der Waals surface area contributed by atoms with Crippen LogP contribution >= 0.6 is 0 Å². The minimum Gasteiger partial charge on any atom is -0.484 e. The average molecular weight is 392 g/mol. The first kappa shape index (κ1) is 19.1. The highest BCUT2D eigenvalue weighted by atomic mass is 16.5. The lowest BCUT2D eigenvalue weighted by Gasteiger charge is -2.32. The van der Waals surface area contributed by atoms with Crippen molar-refractivity contribution in [3.05, 3.63) is 60.6 Å². The smallest absolute Gasteiger partial charge is 0.276 e. The van der Waals surface area contributed by atoms with Gasteiger partial charge in [-0.05, 0) is 49.4 Å². The average Bonchev–Trinajstić information content (AvgIpc) is 3.27. The fourth-order valence-corrected chi connectivity index (χ4v) is 3.56. The van der Waals surface area contributed by atoms with Gasteiger partial charge in [0.2, 0.25) is 0 Å². The second kappa shape index (κ2) is 9.32. The van der Waals surface area contributed by atoms with Gasteiger partial charge in [0.25, 0.3) is 11.8 Å². The molecule has 1 aromatic carbocycles. The molecule has 1 aliphatic rings. The molecule has 1 fully saturated rings. The Balaban J connectivity index is 1.26. The number of rotatable bonds is 7. The zero-order chi connectivity index (χ0) is 19.9. The predicted molar refractivity (Wildman–Crippen MR) is 107 cm³/mol. The Kier molecular flexibility index (Phi) is 6.14. The molecule has 1 unspecified atom stereocenters. The highest BCUT2D eigenvalue weighted by molar-refractivity contribution is 5.77. The maximum Gasteiger partial charge on any atom is 0.276 e. The zero-order valence-electron chi connectivity index (χ0n) is 16.2. The van der Waals surface area contributed by atoms with Crippen LogP contribution in [-0.4, -0.2) is 45.6 Å². The van der Waals surface area contributed by atoms with Gasteiger partial charge in [-0.15, -0.1) is 0 Å². The summed E-state index contributed by atoms with van der Waals surface area (Å²) in [5, 5.41) is 4.07. The van der Waals surface area contributed by atoms with Crippen molar-refractivity contribution in [1.29, 1.82) is 0 Å². The summed E-state index contributed by atoms with van der Waals surface area (Å²) in [7, 11) is 0. The molecule has 1 aliphatic heterocycles.